The lowest BCUT2D eigenvalue weighted by molar-refractivity contribution is -0.374. The number of fused-ring (bicyclic) bond motifs is 1. The van der Waals surface area contributed by atoms with Gasteiger partial charge in [-0.25, -0.2) is 0 Å². The highest BCUT2D eigenvalue weighted by molar-refractivity contribution is 5.92. The van der Waals surface area contributed by atoms with E-state index in [-0.39, 0.29) is 10.6 Å². The Labute approximate surface area is 115 Å². The van der Waals surface area contributed by atoms with E-state index in [0.29, 0.717) is 5.56 Å². The van der Waals surface area contributed by atoms with Gasteiger partial charge in [0.05, 0.1) is 10.5 Å². The van der Waals surface area contributed by atoms with Crippen molar-refractivity contribution in [2.24, 2.45) is 0 Å². The first-order valence-electron chi connectivity index (χ1n) is 6.23. The average Bonchev–Trinajstić information content (AvgIpc) is 2.88. The van der Waals surface area contributed by atoms with E-state index in [0.717, 1.165) is 16.5 Å². The number of H-pyrrole nitrogens is 1. The van der Waals surface area contributed by atoms with Crippen LogP contribution in [0.5, 0.6) is 0 Å². The van der Waals surface area contributed by atoms with Gasteiger partial charge in [-0.15, -0.1) is 0 Å². The molecule has 1 heterocycles. The van der Waals surface area contributed by atoms with Crippen molar-refractivity contribution >= 4 is 22.7 Å². The van der Waals surface area contributed by atoms with Crippen molar-refractivity contribution in [1.29, 1.82) is 0 Å². The molecular weight excluding hydrogens is 252 g/mol. The Morgan fingerprint density at radius 1 is 1.05 bits per heavy atom. The van der Waals surface area contributed by atoms with Crippen LogP contribution >= 0.6 is 0 Å². The summed E-state index contributed by atoms with van der Waals surface area (Å²) in [7, 11) is 0. The molecule has 1 N–H and O–H groups in total. The predicted octanol–water partition coefficient (Wildman–Crippen LogP) is 3.94. The summed E-state index contributed by atoms with van der Waals surface area (Å²) < 4.78 is 0. The second-order valence-electron chi connectivity index (χ2n) is 4.44. The number of para-hydroxylation sites is 1. The molecule has 0 radical (unpaired) electrons. The molecule has 20 heavy (non-hydrogen) atoms. The summed E-state index contributed by atoms with van der Waals surface area (Å²) in [5.74, 6) is 0. The Morgan fingerprint density at radius 3 is 2.50 bits per heavy atom. The fraction of sp³-hybridized carbons (Fsp3) is 0. The molecule has 0 unspecified atom stereocenters. The summed E-state index contributed by atoms with van der Waals surface area (Å²) in [6, 6.07) is 16.6. The molecule has 1 aromatic heterocycles. The van der Waals surface area contributed by atoms with Crippen LogP contribution in [0.3, 0.4) is 0 Å². The van der Waals surface area contributed by atoms with Gasteiger partial charge in [0.25, 0.3) is 5.70 Å². The van der Waals surface area contributed by atoms with Gasteiger partial charge in [-0.3, -0.25) is 10.1 Å². The quantitative estimate of drug-likeness (QED) is 0.575. The number of aromatic nitrogens is 1. The lowest BCUT2D eigenvalue weighted by Gasteiger charge is -1.98. The zero-order valence-electron chi connectivity index (χ0n) is 10.6. The van der Waals surface area contributed by atoms with Gasteiger partial charge in [0, 0.05) is 28.7 Å². The first-order valence-corrected chi connectivity index (χ1v) is 6.23. The third-order valence-corrected chi connectivity index (χ3v) is 3.18. The number of benzene rings is 2. The van der Waals surface area contributed by atoms with Crippen LogP contribution in [-0.2, 0) is 0 Å². The summed E-state index contributed by atoms with van der Waals surface area (Å²) in [5.41, 5.74) is 2.48. The van der Waals surface area contributed by atoms with Gasteiger partial charge in [-0.1, -0.05) is 36.4 Å². The molecule has 4 heteroatoms. The number of nitrogens with one attached hydrogen (secondary N) is 1. The fourth-order valence-electron chi connectivity index (χ4n) is 2.21. The van der Waals surface area contributed by atoms with E-state index in [2.05, 4.69) is 4.98 Å². The number of rotatable bonds is 3. The highest BCUT2D eigenvalue weighted by atomic mass is 16.6. The molecular formula is C16H12N2O2. The van der Waals surface area contributed by atoms with Crippen LogP contribution in [-0.4, -0.2) is 9.91 Å². The van der Waals surface area contributed by atoms with Crippen LogP contribution in [0, 0.1) is 10.1 Å². The van der Waals surface area contributed by atoms with E-state index in [1.54, 1.807) is 36.5 Å². The van der Waals surface area contributed by atoms with Gasteiger partial charge < -0.3 is 4.98 Å². The molecule has 2 aromatic carbocycles. The van der Waals surface area contributed by atoms with Crippen molar-refractivity contribution in [3.05, 3.63) is 82.0 Å². The van der Waals surface area contributed by atoms with Crippen molar-refractivity contribution in [3.63, 3.8) is 0 Å². The Morgan fingerprint density at radius 2 is 1.75 bits per heavy atom. The minimum absolute atomic E-state index is 0.0929. The van der Waals surface area contributed by atoms with Gasteiger partial charge in [-0.05, 0) is 18.2 Å². The van der Waals surface area contributed by atoms with Crippen LogP contribution < -0.4 is 0 Å². The summed E-state index contributed by atoms with van der Waals surface area (Å²) in [6.45, 7) is 0. The van der Waals surface area contributed by atoms with Gasteiger partial charge in [0.15, 0.2) is 0 Å². The third-order valence-electron chi connectivity index (χ3n) is 3.18. The van der Waals surface area contributed by atoms with E-state index >= 15 is 0 Å². The van der Waals surface area contributed by atoms with Gasteiger partial charge >= 0.3 is 0 Å². The standard InChI is InChI=1S/C16H12N2O2/c19-18(20)16(12-6-2-1-3-7-12)10-13-11-17-15-9-5-4-8-14(13)15/h1-11,17H. The zero-order chi connectivity index (χ0) is 13.9. The Bertz CT molecular complexity index is 788. The smallest absolute Gasteiger partial charge is 0.277 e. The van der Waals surface area contributed by atoms with Crippen LogP contribution in [0.4, 0.5) is 0 Å². The maximum atomic E-state index is 11.3. The van der Waals surface area contributed by atoms with Crippen LogP contribution in [0.15, 0.2) is 60.8 Å². The summed E-state index contributed by atoms with van der Waals surface area (Å²) in [5, 5.41) is 12.3. The van der Waals surface area contributed by atoms with Crippen molar-refractivity contribution in [1.82, 2.24) is 4.98 Å². The number of nitro groups is 1. The molecule has 4 nitrogen and oxygen atoms in total. The van der Waals surface area contributed by atoms with E-state index in [1.165, 1.54) is 0 Å². The first-order chi connectivity index (χ1) is 9.75. The minimum Gasteiger partial charge on any atom is -0.361 e. The van der Waals surface area contributed by atoms with Gasteiger partial charge in [0.2, 0.25) is 0 Å². The average molecular weight is 264 g/mol. The van der Waals surface area contributed by atoms with Gasteiger partial charge in [-0.2, -0.15) is 0 Å². The molecule has 3 aromatic rings. The van der Waals surface area contributed by atoms with E-state index in [4.69, 9.17) is 0 Å². The largest absolute Gasteiger partial charge is 0.361 e. The number of hydrogen-bond acceptors (Lipinski definition) is 2. The van der Waals surface area contributed by atoms with E-state index in [1.807, 2.05) is 30.3 Å². The third kappa shape index (κ3) is 2.19. The maximum Gasteiger partial charge on any atom is 0.277 e. The van der Waals surface area contributed by atoms with Gasteiger partial charge in [0.1, 0.15) is 0 Å². The molecule has 0 bridgehead atoms. The molecule has 0 aliphatic rings. The molecule has 0 amide bonds. The van der Waals surface area contributed by atoms with Crippen molar-refractivity contribution in [3.8, 4) is 0 Å². The second kappa shape index (κ2) is 5.01. The lowest BCUT2D eigenvalue weighted by atomic mass is 10.1. The highest BCUT2D eigenvalue weighted by Gasteiger charge is 2.14. The SMILES string of the molecule is O=[N+]([O-])C(=Cc1c[nH]c2ccccc12)c1ccccc1. The molecule has 98 valence electrons. The molecule has 3 rings (SSSR count). The zero-order valence-corrected chi connectivity index (χ0v) is 10.6. The van der Waals surface area contributed by atoms with Crippen molar-refractivity contribution < 1.29 is 4.92 Å². The maximum absolute atomic E-state index is 11.3. The molecule has 0 aliphatic heterocycles. The van der Waals surface area contributed by atoms with Crippen molar-refractivity contribution in [2.45, 2.75) is 0 Å². The van der Waals surface area contributed by atoms with Crippen LogP contribution in [0.25, 0.3) is 22.7 Å². The number of hydrogen-bond donors (Lipinski definition) is 1. The topological polar surface area (TPSA) is 58.9 Å². The number of aromatic amines is 1. The predicted molar refractivity (Wildman–Crippen MR) is 79.6 cm³/mol. The molecule has 0 aliphatic carbocycles. The van der Waals surface area contributed by atoms with Crippen LogP contribution in [0.2, 0.25) is 0 Å². The van der Waals surface area contributed by atoms with E-state index in [9.17, 15) is 10.1 Å². The Hall–Kier alpha value is -2.88. The molecule has 0 saturated carbocycles. The molecule has 0 atom stereocenters. The highest BCUT2D eigenvalue weighted by Crippen LogP contribution is 2.24. The van der Waals surface area contributed by atoms with E-state index < -0.39 is 0 Å². The Kier molecular flexibility index (Phi) is 3.05. The van der Waals surface area contributed by atoms with Crippen molar-refractivity contribution in [2.75, 3.05) is 0 Å². The molecule has 0 spiro atoms. The minimum atomic E-state index is -0.350. The summed E-state index contributed by atoms with van der Waals surface area (Å²) >= 11 is 0. The lowest BCUT2D eigenvalue weighted by Crippen LogP contribution is -1.97. The fourth-order valence-corrected chi connectivity index (χ4v) is 2.21. The normalized spacial score (nSPS) is 11.7. The first kappa shape index (κ1) is 12.2. The summed E-state index contributed by atoms with van der Waals surface area (Å²) in [4.78, 5) is 14.1. The molecule has 0 saturated heterocycles. The van der Waals surface area contributed by atoms with Crippen LogP contribution in [0.1, 0.15) is 11.1 Å². The second-order valence-corrected chi connectivity index (χ2v) is 4.44. The summed E-state index contributed by atoms with van der Waals surface area (Å²) in [6.07, 6.45) is 3.39. The number of nitrogens with zero attached hydrogens (tertiary/aromatic N) is 1. The molecule has 0 fully saturated rings. The monoisotopic (exact) mass is 264 g/mol. The Balaban J connectivity index is 2.15.